The molecule has 1 unspecified atom stereocenters. The van der Waals surface area contributed by atoms with Crippen molar-refractivity contribution < 1.29 is 13.2 Å². The molecular formula is C19H26N2O3S. The molecule has 1 heterocycles. The Morgan fingerprint density at radius 2 is 1.76 bits per heavy atom. The maximum Gasteiger partial charge on any atom is 0.243 e. The molecule has 1 aromatic rings. The number of rotatable bonds is 5. The standard InChI is InChI=1S/C19H26N2O3S/c22-19(15-16-7-3-4-8-16)20-17-9-11-18(12-10-17)25(23,24)21-13-5-1-2-6-14-21/h3,7,9-12,16H,1-2,4-6,8,13-15H2,(H,20,22). The quantitative estimate of drug-likeness (QED) is 0.815. The van der Waals surface area contributed by atoms with E-state index < -0.39 is 10.0 Å². The molecule has 1 aliphatic heterocycles. The third kappa shape index (κ3) is 4.70. The van der Waals surface area contributed by atoms with Crippen LogP contribution < -0.4 is 5.32 Å². The second-order valence-electron chi connectivity index (χ2n) is 6.86. The minimum Gasteiger partial charge on any atom is -0.326 e. The minimum absolute atomic E-state index is 0.0281. The van der Waals surface area contributed by atoms with E-state index in [1.54, 1.807) is 28.6 Å². The molecule has 1 atom stereocenters. The number of nitrogens with zero attached hydrogens (tertiary/aromatic N) is 1. The number of hydrogen-bond acceptors (Lipinski definition) is 3. The molecule has 0 bridgehead atoms. The van der Waals surface area contributed by atoms with E-state index in [0.29, 0.717) is 36.0 Å². The second kappa shape index (κ2) is 8.15. The fraction of sp³-hybridized carbons (Fsp3) is 0.526. The van der Waals surface area contributed by atoms with Crippen LogP contribution >= 0.6 is 0 Å². The first-order valence-electron chi connectivity index (χ1n) is 9.12. The SMILES string of the molecule is O=C(CC1C=CCC1)Nc1ccc(S(=O)(=O)N2CCCCCC2)cc1. The van der Waals surface area contributed by atoms with Gasteiger partial charge in [-0.2, -0.15) is 4.31 Å². The Balaban J connectivity index is 1.62. The van der Waals surface area contributed by atoms with E-state index in [9.17, 15) is 13.2 Å². The first kappa shape index (κ1) is 18.1. The van der Waals surface area contributed by atoms with Gasteiger partial charge in [0.25, 0.3) is 0 Å². The Kier molecular flexibility index (Phi) is 5.91. The molecule has 2 aliphatic rings. The summed E-state index contributed by atoms with van der Waals surface area (Å²) in [6.45, 7) is 1.19. The number of allylic oxidation sites excluding steroid dienone is 2. The van der Waals surface area contributed by atoms with Crippen LogP contribution in [0.4, 0.5) is 5.69 Å². The fourth-order valence-electron chi connectivity index (χ4n) is 3.46. The van der Waals surface area contributed by atoms with Crippen LogP contribution in [-0.2, 0) is 14.8 Å². The molecule has 0 spiro atoms. The van der Waals surface area contributed by atoms with Gasteiger partial charge in [-0.1, -0.05) is 25.0 Å². The van der Waals surface area contributed by atoms with E-state index in [1.165, 1.54) is 0 Å². The molecule has 1 aliphatic carbocycles. The van der Waals surface area contributed by atoms with Gasteiger partial charge >= 0.3 is 0 Å². The van der Waals surface area contributed by atoms with Gasteiger partial charge in [-0.15, -0.1) is 0 Å². The lowest BCUT2D eigenvalue weighted by Crippen LogP contribution is -2.31. The lowest BCUT2D eigenvalue weighted by Gasteiger charge is -2.20. The lowest BCUT2D eigenvalue weighted by molar-refractivity contribution is -0.116. The highest BCUT2D eigenvalue weighted by Gasteiger charge is 2.25. The van der Waals surface area contributed by atoms with E-state index in [1.807, 2.05) is 0 Å². The zero-order valence-corrected chi connectivity index (χ0v) is 15.3. The molecular weight excluding hydrogens is 336 g/mol. The van der Waals surface area contributed by atoms with Crippen molar-refractivity contribution >= 4 is 21.6 Å². The Morgan fingerprint density at radius 3 is 2.36 bits per heavy atom. The average molecular weight is 362 g/mol. The minimum atomic E-state index is -3.44. The molecule has 6 heteroatoms. The largest absolute Gasteiger partial charge is 0.326 e. The van der Waals surface area contributed by atoms with Crippen molar-refractivity contribution in [2.45, 2.75) is 49.8 Å². The van der Waals surface area contributed by atoms with Gasteiger partial charge in [0.05, 0.1) is 4.90 Å². The normalized spacial score (nSPS) is 21.8. The first-order chi connectivity index (χ1) is 12.1. The summed E-state index contributed by atoms with van der Waals surface area (Å²) in [5.41, 5.74) is 0.641. The number of amides is 1. The summed E-state index contributed by atoms with van der Waals surface area (Å²) in [5.74, 6) is 0.294. The first-order valence-corrected chi connectivity index (χ1v) is 10.6. The van der Waals surface area contributed by atoms with Crippen LogP contribution in [0.3, 0.4) is 0 Å². The average Bonchev–Trinajstić information content (AvgIpc) is 2.94. The summed E-state index contributed by atoms with van der Waals surface area (Å²) >= 11 is 0. The predicted octanol–water partition coefficient (Wildman–Crippen LogP) is 3.55. The molecule has 0 saturated carbocycles. The van der Waals surface area contributed by atoms with Gasteiger partial charge in [0, 0.05) is 25.2 Å². The third-order valence-electron chi connectivity index (χ3n) is 4.90. The Bertz CT molecular complexity index is 718. The highest BCUT2D eigenvalue weighted by Crippen LogP contribution is 2.23. The van der Waals surface area contributed by atoms with Crippen molar-refractivity contribution in [3.05, 3.63) is 36.4 Å². The van der Waals surface area contributed by atoms with Crippen molar-refractivity contribution in [1.82, 2.24) is 4.31 Å². The van der Waals surface area contributed by atoms with Crippen molar-refractivity contribution in [2.24, 2.45) is 5.92 Å². The van der Waals surface area contributed by atoms with E-state index in [0.717, 1.165) is 38.5 Å². The third-order valence-corrected chi connectivity index (χ3v) is 6.81. The maximum absolute atomic E-state index is 12.7. The van der Waals surface area contributed by atoms with Gasteiger partial charge in [0.2, 0.25) is 15.9 Å². The smallest absolute Gasteiger partial charge is 0.243 e. The molecule has 3 rings (SSSR count). The zero-order chi connectivity index (χ0) is 17.7. The summed E-state index contributed by atoms with van der Waals surface area (Å²) in [4.78, 5) is 12.4. The van der Waals surface area contributed by atoms with Crippen LogP contribution in [0, 0.1) is 5.92 Å². The zero-order valence-electron chi connectivity index (χ0n) is 14.5. The van der Waals surface area contributed by atoms with E-state index in [-0.39, 0.29) is 5.91 Å². The van der Waals surface area contributed by atoms with Crippen LogP contribution in [0.1, 0.15) is 44.9 Å². The number of nitrogens with one attached hydrogen (secondary N) is 1. The van der Waals surface area contributed by atoms with Crippen LogP contribution in [0.25, 0.3) is 0 Å². The van der Waals surface area contributed by atoms with Crippen molar-refractivity contribution in [1.29, 1.82) is 0 Å². The Hall–Kier alpha value is -1.66. The van der Waals surface area contributed by atoms with Gasteiger partial charge in [0.15, 0.2) is 0 Å². The Labute approximate surface area is 150 Å². The molecule has 25 heavy (non-hydrogen) atoms. The number of carbonyl (C=O) groups is 1. The molecule has 1 N–H and O–H groups in total. The van der Waals surface area contributed by atoms with Crippen molar-refractivity contribution in [3.63, 3.8) is 0 Å². The number of sulfonamides is 1. The summed E-state index contributed by atoms with van der Waals surface area (Å²) in [7, 11) is -3.44. The van der Waals surface area contributed by atoms with Crippen LogP contribution in [0.15, 0.2) is 41.3 Å². The van der Waals surface area contributed by atoms with E-state index in [2.05, 4.69) is 17.5 Å². The number of anilines is 1. The van der Waals surface area contributed by atoms with E-state index in [4.69, 9.17) is 0 Å². The molecule has 5 nitrogen and oxygen atoms in total. The van der Waals surface area contributed by atoms with Crippen molar-refractivity contribution in [3.8, 4) is 0 Å². The summed E-state index contributed by atoms with van der Waals surface area (Å²) in [6.07, 6.45) is 10.8. The second-order valence-corrected chi connectivity index (χ2v) is 8.80. The van der Waals surface area contributed by atoms with E-state index >= 15 is 0 Å². The van der Waals surface area contributed by atoms with Gasteiger partial charge in [0.1, 0.15) is 0 Å². The van der Waals surface area contributed by atoms with Crippen LogP contribution in [0.5, 0.6) is 0 Å². The molecule has 1 fully saturated rings. The molecule has 0 aromatic heterocycles. The van der Waals surface area contributed by atoms with Crippen molar-refractivity contribution in [2.75, 3.05) is 18.4 Å². The van der Waals surface area contributed by atoms with Gasteiger partial charge in [-0.05, 0) is 55.9 Å². The van der Waals surface area contributed by atoms with Crippen LogP contribution in [0.2, 0.25) is 0 Å². The highest BCUT2D eigenvalue weighted by atomic mass is 32.2. The predicted molar refractivity (Wildman–Crippen MR) is 98.8 cm³/mol. The maximum atomic E-state index is 12.7. The number of benzene rings is 1. The number of carbonyl (C=O) groups excluding carboxylic acids is 1. The van der Waals surface area contributed by atoms with Gasteiger partial charge in [-0.3, -0.25) is 4.79 Å². The fourth-order valence-corrected chi connectivity index (χ4v) is 4.97. The number of hydrogen-bond donors (Lipinski definition) is 1. The highest BCUT2D eigenvalue weighted by molar-refractivity contribution is 7.89. The van der Waals surface area contributed by atoms with Gasteiger partial charge in [-0.25, -0.2) is 8.42 Å². The Morgan fingerprint density at radius 1 is 1.08 bits per heavy atom. The summed E-state index contributed by atoms with van der Waals surface area (Å²) in [5, 5.41) is 2.86. The summed E-state index contributed by atoms with van der Waals surface area (Å²) < 4.78 is 27.1. The topological polar surface area (TPSA) is 66.5 Å². The molecule has 1 saturated heterocycles. The van der Waals surface area contributed by atoms with Crippen LogP contribution in [-0.4, -0.2) is 31.7 Å². The lowest BCUT2D eigenvalue weighted by atomic mass is 10.1. The van der Waals surface area contributed by atoms with Gasteiger partial charge < -0.3 is 5.32 Å². The molecule has 0 radical (unpaired) electrons. The summed E-state index contributed by atoms with van der Waals surface area (Å²) in [6, 6.07) is 6.52. The monoisotopic (exact) mass is 362 g/mol. The molecule has 136 valence electrons. The molecule has 1 amide bonds. The molecule has 1 aromatic carbocycles.